The fourth-order valence-electron chi connectivity index (χ4n) is 1.38. The van der Waals surface area contributed by atoms with Crippen molar-refractivity contribution in [3.05, 3.63) is 16.3 Å². The minimum atomic E-state index is -3.29. The van der Waals surface area contributed by atoms with Crippen LogP contribution in [0.5, 0.6) is 0 Å². The van der Waals surface area contributed by atoms with E-state index in [0.29, 0.717) is 6.54 Å². The predicted molar refractivity (Wildman–Crippen MR) is 78.8 cm³/mol. The molecular weight excluding hydrogens is 300 g/mol. The highest BCUT2D eigenvalue weighted by Crippen LogP contribution is 2.21. The van der Waals surface area contributed by atoms with E-state index in [-0.39, 0.29) is 30.5 Å². The summed E-state index contributed by atoms with van der Waals surface area (Å²) in [5.41, 5.74) is -0.267. The Kier molecular flexibility index (Phi) is 6.24. The normalized spacial score (nSPS) is 11.1. The molecule has 0 aliphatic heterocycles. The van der Waals surface area contributed by atoms with Crippen LogP contribution in [0.25, 0.3) is 0 Å². The molecule has 3 N–H and O–H groups in total. The summed E-state index contributed by atoms with van der Waals surface area (Å²) in [4.78, 5) is 18.2. The third-order valence-corrected chi connectivity index (χ3v) is 3.01. The first-order valence-electron chi connectivity index (χ1n) is 6.27. The van der Waals surface area contributed by atoms with Crippen molar-refractivity contribution in [2.24, 2.45) is 0 Å². The fraction of sp³-hybridized carbons (Fsp3) is 0.600. The summed E-state index contributed by atoms with van der Waals surface area (Å²) in [5.74, 6) is 0.324. The number of nitro groups is 1. The molecule has 1 rings (SSSR count). The smallest absolute Gasteiger partial charge is 0.329 e. The molecule has 0 aromatic carbocycles. The number of aromatic nitrogens is 2. The van der Waals surface area contributed by atoms with Gasteiger partial charge in [0.1, 0.15) is 6.20 Å². The topological polar surface area (TPSA) is 139 Å². The summed E-state index contributed by atoms with van der Waals surface area (Å²) < 4.78 is 24.1. The summed E-state index contributed by atoms with van der Waals surface area (Å²) in [6, 6.07) is 0. The highest BCUT2D eigenvalue weighted by atomic mass is 32.2. The van der Waals surface area contributed by atoms with Crippen LogP contribution in [0.3, 0.4) is 0 Å². The van der Waals surface area contributed by atoms with Gasteiger partial charge >= 0.3 is 5.69 Å². The standard InChI is InChI=1S/C10H18N6O4S/c1-3-4-12-10-13-7-8(16(17)18)9(15-10)11-5-6-14-21(2,19)20/h7,14H,3-6H2,1-2H3,(H2,11,12,13,15). The third kappa shape index (κ3) is 6.31. The molecule has 0 saturated heterocycles. The van der Waals surface area contributed by atoms with E-state index < -0.39 is 14.9 Å². The summed E-state index contributed by atoms with van der Waals surface area (Å²) in [5, 5.41) is 16.5. The van der Waals surface area contributed by atoms with Gasteiger partial charge in [0.2, 0.25) is 21.8 Å². The van der Waals surface area contributed by atoms with Crippen LogP contribution >= 0.6 is 0 Å². The second-order valence-electron chi connectivity index (χ2n) is 4.20. The molecule has 0 spiro atoms. The number of anilines is 2. The SMILES string of the molecule is CCCNc1ncc([N+](=O)[O-])c(NCCNS(C)(=O)=O)n1. The largest absolute Gasteiger partial charge is 0.363 e. The van der Waals surface area contributed by atoms with Crippen LogP contribution in [0, 0.1) is 10.1 Å². The van der Waals surface area contributed by atoms with Crippen molar-refractivity contribution in [3.63, 3.8) is 0 Å². The van der Waals surface area contributed by atoms with Crippen molar-refractivity contribution in [1.29, 1.82) is 0 Å². The van der Waals surface area contributed by atoms with Gasteiger partial charge in [-0.15, -0.1) is 0 Å². The lowest BCUT2D eigenvalue weighted by molar-refractivity contribution is -0.384. The van der Waals surface area contributed by atoms with Gasteiger partial charge in [-0.25, -0.2) is 18.1 Å². The van der Waals surface area contributed by atoms with Gasteiger partial charge in [-0.05, 0) is 6.42 Å². The maximum absolute atomic E-state index is 10.9. The minimum Gasteiger partial charge on any atom is -0.363 e. The van der Waals surface area contributed by atoms with Crippen molar-refractivity contribution < 1.29 is 13.3 Å². The lowest BCUT2D eigenvalue weighted by Crippen LogP contribution is -2.28. The van der Waals surface area contributed by atoms with Crippen LogP contribution < -0.4 is 15.4 Å². The molecule has 0 aliphatic carbocycles. The number of hydrogen-bond donors (Lipinski definition) is 3. The molecule has 0 unspecified atom stereocenters. The number of nitrogens with one attached hydrogen (secondary N) is 3. The Bertz CT molecular complexity index is 591. The molecule has 0 radical (unpaired) electrons. The number of nitrogens with zero attached hydrogens (tertiary/aromatic N) is 3. The lowest BCUT2D eigenvalue weighted by Gasteiger charge is -2.08. The highest BCUT2D eigenvalue weighted by molar-refractivity contribution is 7.88. The Hall–Kier alpha value is -2.01. The maximum Gasteiger partial charge on any atom is 0.329 e. The molecule has 0 bridgehead atoms. The maximum atomic E-state index is 10.9. The average molecular weight is 318 g/mol. The lowest BCUT2D eigenvalue weighted by atomic mass is 10.4. The fourth-order valence-corrected chi connectivity index (χ4v) is 1.85. The van der Waals surface area contributed by atoms with E-state index in [2.05, 4.69) is 25.3 Å². The van der Waals surface area contributed by atoms with Crippen LogP contribution in [0.1, 0.15) is 13.3 Å². The van der Waals surface area contributed by atoms with Gasteiger partial charge < -0.3 is 10.6 Å². The second-order valence-corrected chi connectivity index (χ2v) is 6.04. The molecule has 1 aromatic rings. The van der Waals surface area contributed by atoms with E-state index in [4.69, 9.17) is 0 Å². The van der Waals surface area contributed by atoms with E-state index >= 15 is 0 Å². The van der Waals surface area contributed by atoms with Crippen molar-refractivity contribution >= 4 is 27.5 Å². The van der Waals surface area contributed by atoms with Crippen LogP contribution in [-0.4, -0.2) is 49.2 Å². The van der Waals surface area contributed by atoms with E-state index in [9.17, 15) is 18.5 Å². The van der Waals surface area contributed by atoms with Crippen LogP contribution in [0.15, 0.2) is 6.20 Å². The van der Waals surface area contributed by atoms with Crippen molar-refractivity contribution in [1.82, 2.24) is 14.7 Å². The molecule has 0 aliphatic rings. The van der Waals surface area contributed by atoms with Gasteiger partial charge in [-0.3, -0.25) is 10.1 Å². The van der Waals surface area contributed by atoms with Gasteiger partial charge in [0.25, 0.3) is 0 Å². The summed E-state index contributed by atoms with van der Waals surface area (Å²) in [7, 11) is -3.29. The van der Waals surface area contributed by atoms with Crippen LogP contribution in [0.4, 0.5) is 17.5 Å². The zero-order valence-electron chi connectivity index (χ0n) is 11.8. The second kappa shape index (κ2) is 7.69. The number of sulfonamides is 1. The van der Waals surface area contributed by atoms with Crippen LogP contribution in [0.2, 0.25) is 0 Å². The van der Waals surface area contributed by atoms with Gasteiger partial charge in [-0.2, -0.15) is 4.98 Å². The molecule has 0 fully saturated rings. The van der Waals surface area contributed by atoms with E-state index in [1.54, 1.807) is 0 Å². The first kappa shape index (κ1) is 17.0. The Morgan fingerprint density at radius 1 is 1.29 bits per heavy atom. The van der Waals surface area contributed by atoms with Gasteiger partial charge in [0.15, 0.2) is 0 Å². The van der Waals surface area contributed by atoms with Gasteiger partial charge in [0, 0.05) is 19.6 Å². The van der Waals surface area contributed by atoms with Gasteiger partial charge in [0.05, 0.1) is 11.2 Å². The van der Waals surface area contributed by atoms with Crippen molar-refractivity contribution in [3.8, 4) is 0 Å². The van der Waals surface area contributed by atoms with Crippen LogP contribution in [-0.2, 0) is 10.0 Å². The molecule has 0 amide bonds. The first-order valence-corrected chi connectivity index (χ1v) is 8.16. The quantitative estimate of drug-likeness (QED) is 0.332. The zero-order chi connectivity index (χ0) is 15.9. The third-order valence-electron chi connectivity index (χ3n) is 2.28. The molecule has 11 heteroatoms. The Balaban J connectivity index is 2.74. The molecule has 1 aromatic heterocycles. The summed E-state index contributed by atoms with van der Waals surface area (Å²) in [6.45, 7) is 2.87. The average Bonchev–Trinajstić information content (AvgIpc) is 2.40. The molecular formula is C10H18N6O4S. The Labute approximate surface area is 122 Å². The Morgan fingerprint density at radius 2 is 2.00 bits per heavy atom. The van der Waals surface area contributed by atoms with Crippen molar-refractivity contribution in [2.45, 2.75) is 13.3 Å². The first-order chi connectivity index (χ1) is 9.83. The number of rotatable bonds is 9. The molecule has 10 nitrogen and oxygen atoms in total. The monoisotopic (exact) mass is 318 g/mol. The van der Waals surface area contributed by atoms with E-state index in [0.717, 1.165) is 18.9 Å². The molecule has 0 saturated carbocycles. The van der Waals surface area contributed by atoms with Gasteiger partial charge in [-0.1, -0.05) is 6.92 Å². The zero-order valence-corrected chi connectivity index (χ0v) is 12.6. The highest BCUT2D eigenvalue weighted by Gasteiger charge is 2.16. The number of hydrogen-bond acceptors (Lipinski definition) is 8. The molecule has 0 atom stereocenters. The molecule has 21 heavy (non-hydrogen) atoms. The predicted octanol–water partition coefficient (Wildman–Crippen LogP) is 0.168. The summed E-state index contributed by atoms with van der Waals surface area (Å²) in [6.07, 6.45) is 3.01. The molecule has 1 heterocycles. The summed E-state index contributed by atoms with van der Waals surface area (Å²) >= 11 is 0. The Morgan fingerprint density at radius 3 is 2.57 bits per heavy atom. The van der Waals surface area contributed by atoms with Crippen molar-refractivity contribution in [2.75, 3.05) is 36.5 Å². The molecule has 118 valence electrons. The minimum absolute atomic E-state index is 0.0453. The van der Waals surface area contributed by atoms with E-state index in [1.165, 1.54) is 0 Å². The van der Waals surface area contributed by atoms with E-state index in [1.807, 2.05) is 6.92 Å².